The van der Waals surface area contributed by atoms with Crippen LogP contribution in [0.5, 0.6) is 5.75 Å². The minimum Gasteiger partial charge on any atom is -0.507 e. The third-order valence-corrected chi connectivity index (χ3v) is 6.68. The van der Waals surface area contributed by atoms with Crippen LogP contribution in [0.25, 0.3) is 0 Å². The summed E-state index contributed by atoms with van der Waals surface area (Å²) in [5.74, 6) is -1.39. The number of aromatic hydroxyl groups is 1. The third-order valence-electron chi connectivity index (χ3n) is 4.86. The smallest absolute Gasteiger partial charge is 0.255 e. The number of carbonyl (C=O) groups excluding carboxylic acids is 1. The van der Waals surface area contributed by atoms with Crippen molar-refractivity contribution in [3.63, 3.8) is 0 Å². The van der Waals surface area contributed by atoms with E-state index in [0.29, 0.717) is 17.7 Å². The molecule has 0 saturated carbocycles. The monoisotopic (exact) mass is 419 g/mol. The quantitative estimate of drug-likeness (QED) is 0.728. The predicted octanol–water partition coefficient (Wildman–Crippen LogP) is 2.49. The van der Waals surface area contributed by atoms with Gasteiger partial charge in [-0.15, -0.1) is 0 Å². The molecule has 29 heavy (non-hydrogen) atoms. The van der Waals surface area contributed by atoms with Gasteiger partial charge in [-0.1, -0.05) is 24.6 Å². The Kier molecular flexibility index (Phi) is 5.72. The highest BCUT2D eigenvalue weighted by molar-refractivity contribution is 7.89. The molecule has 3 rings (SSSR count). The molecule has 0 unspecified atom stereocenters. The van der Waals surface area contributed by atoms with Crippen LogP contribution in [-0.2, 0) is 14.8 Å². The van der Waals surface area contributed by atoms with Crippen LogP contribution in [0.1, 0.15) is 36.0 Å². The summed E-state index contributed by atoms with van der Waals surface area (Å²) in [6.45, 7) is 3.20. The Hall–Kier alpha value is -2.78. The number of amides is 1. The molecule has 0 aliphatic heterocycles. The highest BCUT2D eigenvalue weighted by Crippen LogP contribution is 2.39. The number of carbonyl (C=O) groups is 1. The summed E-state index contributed by atoms with van der Waals surface area (Å²) in [7, 11) is -2.52. The number of benzene rings is 2. The molecule has 2 aromatic rings. The average Bonchev–Trinajstić information content (AvgIpc) is 3.01. The zero-order valence-electron chi connectivity index (χ0n) is 16.3. The Morgan fingerprint density at radius 1 is 1.28 bits per heavy atom. The Labute approximate surface area is 168 Å². The second kappa shape index (κ2) is 7.92. The van der Waals surface area contributed by atoms with Crippen molar-refractivity contribution in [1.29, 1.82) is 0 Å². The Morgan fingerprint density at radius 3 is 2.59 bits per heavy atom. The van der Waals surface area contributed by atoms with Crippen molar-refractivity contribution in [3.8, 4) is 5.75 Å². The van der Waals surface area contributed by atoms with Gasteiger partial charge in [-0.2, -0.15) is 9.41 Å². The van der Waals surface area contributed by atoms with Crippen molar-refractivity contribution >= 4 is 21.6 Å². The number of phenols is 1. The Morgan fingerprint density at radius 2 is 1.93 bits per heavy atom. The lowest BCUT2D eigenvalue weighted by molar-refractivity contribution is -0.121. The molecule has 0 radical (unpaired) electrons. The first-order chi connectivity index (χ1) is 13.6. The van der Waals surface area contributed by atoms with Crippen LogP contribution in [0, 0.1) is 12.7 Å². The molecule has 0 heterocycles. The number of rotatable bonds is 5. The number of hydrogen-bond donors (Lipinski definition) is 2. The molecule has 0 bridgehead atoms. The lowest BCUT2D eigenvalue weighted by Crippen LogP contribution is -2.37. The Balaban J connectivity index is 1.73. The highest BCUT2D eigenvalue weighted by atomic mass is 32.2. The maximum Gasteiger partial charge on any atom is 0.255 e. The van der Waals surface area contributed by atoms with Gasteiger partial charge in [0.2, 0.25) is 10.0 Å². The molecule has 9 heteroatoms. The number of halogens is 1. The molecule has 0 fully saturated rings. The molecule has 2 aromatic carbocycles. The van der Waals surface area contributed by atoms with Gasteiger partial charge < -0.3 is 5.11 Å². The van der Waals surface area contributed by atoms with E-state index in [2.05, 4.69) is 10.5 Å². The van der Waals surface area contributed by atoms with Gasteiger partial charge in [0.05, 0.1) is 17.2 Å². The van der Waals surface area contributed by atoms with E-state index in [-0.39, 0.29) is 22.1 Å². The van der Waals surface area contributed by atoms with Crippen molar-refractivity contribution in [3.05, 3.63) is 58.9 Å². The maximum atomic E-state index is 14.1. The van der Waals surface area contributed by atoms with Gasteiger partial charge in [-0.05, 0) is 43.5 Å². The normalized spacial score (nSPS) is 17.6. The van der Waals surface area contributed by atoms with Crippen molar-refractivity contribution in [2.75, 3.05) is 13.6 Å². The minimum absolute atomic E-state index is 0.0867. The molecule has 1 amide bonds. The number of sulfonamides is 1. The number of aryl methyl sites for hydroxylation is 1. The summed E-state index contributed by atoms with van der Waals surface area (Å²) in [5, 5.41) is 14.1. The first-order valence-electron chi connectivity index (χ1n) is 9.01. The average molecular weight is 419 g/mol. The van der Waals surface area contributed by atoms with Gasteiger partial charge in [-0.25, -0.2) is 18.2 Å². The molecule has 1 aliphatic rings. The fourth-order valence-electron chi connectivity index (χ4n) is 3.31. The SMILES string of the molecule is Cc1ccc(S(=O)(=O)N(C)CC(=O)N/N=C2\C[C@H](C)c3c(F)ccc(O)c32)cc1. The summed E-state index contributed by atoms with van der Waals surface area (Å²) in [4.78, 5) is 12.3. The van der Waals surface area contributed by atoms with Gasteiger partial charge >= 0.3 is 0 Å². The van der Waals surface area contributed by atoms with Crippen LogP contribution in [0.15, 0.2) is 46.4 Å². The van der Waals surface area contributed by atoms with E-state index >= 15 is 0 Å². The maximum absolute atomic E-state index is 14.1. The van der Waals surface area contributed by atoms with Gasteiger partial charge in [0, 0.05) is 18.2 Å². The molecule has 0 aromatic heterocycles. The van der Waals surface area contributed by atoms with Crippen molar-refractivity contribution in [2.24, 2.45) is 5.10 Å². The number of phenolic OH excluding ortho intramolecular Hbond substituents is 1. The molecular weight excluding hydrogens is 397 g/mol. The molecule has 2 N–H and O–H groups in total. The van der Waals surface area contributed by atoms with E-state index in [0.717, 1.165) is 9.87 Å². The topological polar surface area (TPSA) is 99.1 Å². The molecule has 7 nitrogen and oxygen atoms in total. The van der Waals surface area contributed by atoms with Crippen LogP contribution < -0.4 is 5.43 Å². The number of nitrogens with zero attached hydrogens (tertiary/aromatic N) is 2. The largest absolute Gasteiger partial charge is 0.507 e. The van der Waals surface area contributed by atoms with Gasteiger partial charge in [0.1, 0.15) is 11.6 Å². The number of likely N-dealkylation sites (N-methyl/N-ethyl adjacent to an activating group) is 1. The number of hydrogen-bond acceptors (Lipinski definition) is 5. The van der Waals surface area contributed by atoms with Crippen molar-refractivity contribution in [2.45, 2.75) is 31.1 Å². The van der Waals surface area contributed by atoms with Crippen molar-refractivity contribution in [1.82, 2.24) is 9.73 Å². The molecule has 0 spiro atoms. The van der Waals surface area contributed by atoms with Crippen molar-refractivity contribution < 1.29 is 22.7 Å². The van der Waals surface area contributed by atoms with Crippen LogP contribution in [0.4, 0.5) is 4.39 Å². The first-order valence-corrected chi connectivity index (χ1v) is 10.5. The van der Waals surface area contributed by atoms with E-state index in [1.54, 1.807) is 19.1 Å². The van der Waals surface area contributed by atoms with Crippen LogP contribution >= 0.6 is 0 Å². The molecule has 1 atom stereocenters. The predicted molar refractivity (Wildman–Crippen MR) is 107 cm³/mol. The van der Waals surface area contributed by atoms with E-state index in [9.17, 15) is 22.7 Å². The number of hydrazone groups is 1. The third kappa shape index (κ3) is 4.15. The summed E-state index contributed by atoms with van der Waals surface area (Å²) in [5.41, 5.74) is 4.21. The fraction of sp³-hybridized carbons (Fsp3) is 0.300. The summed E-state index contributed by atoms with van der Waals surface area (Å²) in [6, 6.07) is 8.75. The van der Waals surface area contributed by atoms with Gasteiger partial charge in [-0.3, -0.25) is 4.79 Å². The minimum atomic E-state index is -3.82. The summed E-state index contributed by atoms with van der Waals surface area (Å²) < 4.78 is 40.1. The highest BCUT2D eigenvalue weighted by Gasteiger charge is 2.31. The second-order valence-electron chi connectivity index (χ2n) is 7.13. The van der Waals surface area contributed by atoms with Gasteiger partial charge in [0.25, 0.3) is 5.91 Å². The summed E-state index contributed by atoms with van der Waals surface area (Å²) >= 11 is 0. The van der Waals surface area contributed by atoms with E-state index in [4.69, 9.17) is 0 Å². The zero-order valence-corrected chi connectivity index (χ0v) is 17.1. The first kappa shape index (κ1) is 20.9. The standard InChI is InChI=1S/C20H22FN3O4S/c1-12-4-6-14(7-5-12)29(27,28)24(3)11-18(26)23-22-16-10-13(2)19-15(21)8-9-17(25)20(16)19/h4-9,13,25H,10-11H2,1-3H3,(H,23,26)/b22-16+/t13-/m0/s1. The number of fused-ring (bicyclic) bond motifs is 1. The molecule has 0 saturated heterocycles. The van der Waals surface area contributed by atoms with E-state index < -0.39 is 28.3 Å². The summed E-state index contributed by atoms with van der Waals surface area (Å²) in [6.07, 6.45) is 0.349. The lowest BCUT2D eigenvalue weighted by atomic mass is 10.0. The van der Waals surface area contributed by atoms with Crippen LogP contribution in [0.2, 0.25) is 0 Å². The van der Waals surface area contributed by atoms with Crippen LogP contribution in [-0.4, -0.2) is 43.0 Å². The van der Waals surface area contributed by atoms with Gasteiger partial charge in [0.15, 0.2) is 0 Å². The Bertz CT molecular complexity index is 1080. The molecular formula is C20H22FN3O4S. The lowest BCUT2D eigenvalue weighted by Gasteiger charge is -2.16. The molecule has 154 valence electrons. The number of nitrogens with one attached hydrogen (secondary N) is 1. The zero-order chi connectivity index (χ0) is 21.3. The van der Waals surface area contributed by atoms with E-state index in [1.807, 2.05) is 6.92 Å². The fourth-order valence-corrected chi connectivity index (χ4v) is 4.43. The second-order valence-corrected chi connectivity index (χ2v) is 9.17. The van der Waals surface area contributed by atoms with E-state index in [1.165, 1.54) is 31.3 Å². The van der Waals surface area contributed by atoms with Crippen LogP contribution in [0.3, 0.4) is 0 Å². The molecule has 1 aliphatic carbocycles.